The van der Waals surface area contributed by atoms with Crippen molar-refractivity contribution in [3.8, 4) is 17.0 Å². The number of hydrogen-bond acceptors (Lipinski definition) is 4. The summed E-state index contributed by atoms with van der Waals surface area (Å²) in [6.45, 7) is 1.35. The maximum Gasteiger partial charge on any atom is 0.253 e. The predicted octanol–water partition coefficient (Wildman–Crippen LogP) is 4.98. The van der Waals surface area contributed by atoms with Gasteiger partial charge in [-0.3, -0.25) is 4.79 Å². The average molecular weight is 396 g/mol. The Morgan fingerprint density at radius 1 is 1.21 bits per heavy atom. The monoisotopic (exact) mass is 396 g/mol. The van der Waals surface area contributed by atoms with Crippen LogP contribution in [0.3, 0.4) is 0 Å². The summed E-state index contributed by atoms with van der Waals surface area (Å²) >= 11 is 1.63. The van der Waals surface area contributed by atoms with Crippen molar-refractivity contribution < 1.29 is 13.9 Å². The van der Waals surface area contributed by atoms with Crippen LogP contribution in [-0.2, 0) is 0 Å². The van der Waals surface area contributed by atoms with E-state index in [0.29, 0.717) is 12.1 Å². The zero-order valence-electron chi connectivity index (χ0n) is 15.6. The molecule has 0 aliphatic carbocycles. The summed E-state index contributed by atoms with van der Waals surface area (Å²) in [5.74, 6) is 0.633. The number of carbonyl (C=O) groups is 1. The molecular formula is C22H21FN2O2S. The minimum absolute atomic E-state index is 0.0498. The van der Waals surface area contributed by atoms with Gasteiger partial charge in [0.1, 0.15) is 11.6 Å². The van der Waals surface area contributed by atoms with E-state index in [2.05, 4.69) is 0 Å². The van der Waals surface area contributed by atoms with Crippen LogP contribution < -0.4 is 4.74 Å². The van der Waals surface area contributed by atoms with Crippen molar-refractivity contribution in [3.05, 3.63) is 70.3 Å². The normalized spacial score (nSPS) is 16.8. The van der Waals surface area contributed by atoms with Gasteiger partial charge in [-0.15, -0.1) is 11.3 Å². The van der Waals surface area contributed by atoms with Gasteiger partial charge in [0.25, 0.3) is 5.91 Å². The molecule has 0 N–H and O–H groups in total. The Kier molecular flexibility index (Phi) is 5.39. The number of aromatic nitrogens is 1. The molecular weight excluding hydrogens is 375 g/mol. The number of amides is 1. The fraction of sp³-hybridized carbons (Fsp3) is 0.273. The molecule has 144 valence electrons. The Labute approximate surface area is 167 Å². The molecule has 4 nitrogen and oxygen atoms in total. The molecule has 1 saturated heterocycles. The van der Waals surface area contributed by atoms with E-state index in [1.807, 2.05) is 34.5 Å². The van der Waals surface area contributed by atoms with E-state index in [0.717, 1.165) is 41.4 Å². The fourth-order valence-electron chi connectivity index (χ4n) is 3.59. The Bertz CT molecular complexity index is 971. The first kappa shape index (κ1) is 18.6. The summed E-state index contributed by atoms with van der Waals surface area (Å²) in [5.41, 5.74) is 2.40. The van der Waals surface area contributed by atoms with Crippen molar-refractivity contribution in [3.63, 3.8) is 0 Å². The van der Waals surface area contributed by atoms with Gasteiger partial charge in [0.15, 0.2) is 0 Å². The number of benzene rings is 2. The van der Waals surface area contributed by atoms with E-state index < -0.39 is 0 Å². The largest absolute Gasteiger partial charge is 0.496 e. The molecule has 0 bridgehead atoms. The van der Waals surface area contributed by atoms with Crippen molar-refractivity contribution in [2.24, 2.45) is 0 Å². The summed E-state index contributed by atoms with van der Waals surface area (Å²) in [5, 5.41) is 3.09. The van der Waals surface area contributed by atoms with Crippen molar-refractivity contribution in [2.75, 3.05) is 20.2 Å². The van der Waals surface area contributed by atoms with Gasteiger partial charge in [0.05, 0.1) is 17.8 Å². The molecule has 1 amide bonds. The highest BCUT2D eigenvalue weighted by atomic mass is 32.1. The van der Waals surface area contributed by atoms with E-state index in [4.69, 9.17) is 9.72 Å². The molecule has 1 unspecified atom stereocenters. The lowest BCUT2D eigenvalue weighted by Gasteiger charge is -2.32. The van der Waals surface area contributed by atoms with Crippen LogP contribution in [-0.4, -0.2) is 36.0 Å². The number of nitrogens with zero attached hydrogens (tertiary/aromatic N) is 2. The standard InChI is InChI=1S/C22H21FN2O2S/c1-27-20-7-3-2-6-18(20)19-14-28-21(24-19)16-5-4-12-25(13-16)22(26)15-8-10-17(23)11-9-15/h2-3,6-11,14,16H,4-5,12-13H2,1H3. The molecule has 1 aromatic heterocycles. The molecule has 0 spiro atoms. The quantitative estimate of drug-likeness (QED) is 0.625. The second-order valence-corrected chi connectivity index (χ2v) is 7.76. The summed E-state index contributed by atoms with van der Waals surface area (Å²) in [4.78, 5) is 19.5. The molecule has 1 aliphatic rings. The molecule has 3 aromatic rings. The van der Waals surface area contributed by atoms with Crippen LogP contribution in [0.1, 0.15) is 34.1 Å². The molecule has 0 radical (unpaired) electrons. The van der Waals surface area contributed by atoms with Gasteiger partial charge < -0.3 is 9.64 Å². The maximum atomic E-state index is 13.1. The number of thiazole rings is 1. The van der Waals surface area contributed by atoms with E-state index >= 15 is 0 Å². The van der Waals surface area contributed by atoms with E-state index in [-0.39, 0.29) is 17.6 Å². The van der Waals surface area contributed by atoms with E-state index in [1.165, 1.54) is 12.1 Å². The number of halogens is 1. The Morgan fingerprint density at radius 2 is 2.00 bits per heavy atom. The second kappa shape index (κ2) is 8.10. The second-order valence-electron chi connectivity index (χ2n) is 6.87. The van der Waals surface area contributed by atoms with Crippen LogP contribution in [0.4, 0.5) is 4.39 Å². The van der Waals surface area contributed by atoms with Crippen LogP contribution in [0.15, 0.2) is 53.9 Å². The molecule has 1 fully saturated rings. The number of piperidine rings is 1. The molecule has 6 heteroatoms. The highest BCUT2D eigenvalue weighted by molar-refractivity contribution is 7.10. The van der Waals surface area contributed by atoms with E-state index in [9.17, 15) is 9.18 Å². The number of hydrogen-bond donors (Lipinski definition) is 0. The highest BCUT2D eigenvalue weighted by Crippen LogP contribution is 2.35. The van der Waals surface area contributed by atoms with Gasteiger partial charge in [0.2, 0.25) is 0 Å². The van der Waals surface area contributed by atoms with Gasteiger partial charge in [-0.05, 0) is 49.2 Å². The zero-order valence-corrected chi connectivity index (χ0v) is 16.4. The molecule has 1 atom stereocenters. The van der Waals surface area contributed by atoms with Crippen LogP contribution in [0.5, 0.6) is 5.75 Å². The smallest absolute Gasteiger partial charge is 0.253 e. The van der Waals surface area contributed by atoms with Crippen molar-refractivity contribution in [2.45, 2.75) is 18.8 Å². The number of para-hydroxylation sites is 1. The number of ether oxygens (including phenoxy) is 1. The molecule has 0 saturated carbocycles. The van der Waals surface area contributed by atoms with Gasteiger partial charge in [-0.25, -0.2) is 9.37 Å². The predicted molar refractivity (Wildman–Crippen MR) is 108 cm³/mol. The summed E-state index contributed by atoms with van der Waals surface area (Å²) < 4.78 is 18.6. The summed E-state index contributed by atoms with van der Waals surface area (Å²) in [6.07, 6.45) is 1.94. The lowest BCUT2D eigenvalue weighted by Crippen LogP contribution is -2.39. The third kappa shape index (κ3) is 3.78. The summed E-state index contributed by atoms with van der Waals surface area (Å²) in [6, 6.07) is 13.6. The molecule has 2 heterocycles. The average Bonchev–Trinajstić information content (AvgIpc) is 3.24. The van der Waals surface area contributed by atoms with Crippen molar-refractivity contribution >= 4 is 17.2 Å². The van der Waals surface area contributed by atoms with Crippen LogP contribution in [0.25, 0.3) is 11.3 Å². The SMILES string of the molecule is COc1ccccc1-c1csc(C2CCCN(C(=O)c3ccc(F)cc3)C2)n1. The number of rotatable bonds is 4. The number of methoxy groups -OCH3 is 1. The molecule has 2 aromatic carbocycles. The van der Waals surface area contributed by atoms with E-state index in [1.54, 1.807) is 30.6 Å². The molecule has 28 heavy (non-hydrogen) atoms. The first-order chi connectivity index (χ1) is 13.7. The number of carbonyl (C=O) groups excluding carboxylic acids is 1. The third-order valence-corrected chi connectivity index (χ3v) is 6.06. The first-order valence-electron chi connectivity index (χ1n) is 9.29. The summed E-state index contributed by atoms with van der Waals surface area (Å²) in [7, 11) is 1.66. The van der Waals surface area contributed by atoms with Gasteiger partial charge in [-0.2, -0.15) is 0 Å². The van der Waals surface area contributed by atoms with Crippen LogP contribution in [0.2, 0.25) is 0 Å². The zero-order chi connectivity index (χ0) is 19.5. The number of likely N-dealkylation sites (tertiary alicyclic amines) is 1. The van der Waals surface area contributed by atoms with Crippen molar-refractivity contribution in [1.82, 2.24) is 9.88 Å². The minimum atomic E-state index is -0.334. The van der Waals surface area contributed by atoms with Gasteiger partial charge in [0, 0.05) is 35.5 Å². The fourth-order valence-corrected chi connectivity index (χ4v) is 4.54. The molecule has 1 aliphatic heterocycles. The maximum absolute atomic E-state index is 13.1. The third-order valence-electron chi connectivity index (χ3n) is 5.05. The van der Waals surface area contributed by atoms with Gasteiger partial charge >= 0.3 is 0 Å². The van der Waals surface area contributed by atoms with Gasteiger partial charge in [-0.1, -0.05) is 12.1 Å². The Hall–Kier alpha value is -2.73. The topological polar surface area (TPSA) is 42.4 Å². The lowest BCUT2D eigenvalue weighted by molar-refractivity contribution is 0.0707. The van der Waals surface area contributed by atoms with Crippen LogP contribution >= 0.6 is 11.3 Å². The van der Waals surface area contributed by atoms with Crippen molar-refractivity contribution in [1.29, 1.82) is 0 Å². The lowest BCUT2D eigenvalue weighted by atomic mass is 9.98. The highest BCUT2D eigenvalue weighted by Gasteiger charge is 2.27. The molecule has 4 rings (SSSR count). The Balaban J connectivity index is 1.51. The minimum Gasteiger partial charge on any atom is -0.496 e. The first-order valence-corrected chi connectivity index (χ1v) is 10.2. The van der Waals surface area contributed by atoms with Crippen LogP contribution in [0, 0.1) is 5.82 Å². The Morgan fingerprint density at radius 3 is 2.79 bits per heavy atom.